The van der Waals surface area contributed by atoms with E-state index < -0.39 is 17.2 Å². The molecule has 0 bridgehead atoms. The zero-order valence-corrected chi connectivity index (χ0v) is 12.8. The third kappa shape index (κ3) is 3.53. The Morgan fingerprint density at radius 2 is 2.13 bits per heavy atom. The van der Waals surface area contributed by atoms with E-state index in [1.165, 1.54) is 6.07 Å². The fourth-order valence-corrected chi connectivity index (χ4v) is 2.68. The number of hydrogen-bond acceptors (Lipinski definition) is 5. The van der Waals surface area contributed by atoms with Crippen LogP contribution in [0.15, 0.2) is 21.3 Å². The number of nitrogens with zero attached hydrogens (tertiary/aromatic N) is 1. The minimum absolute atomic E-state index is 0.0157. The number of benzene rings is 1. The second-order valence-corrected chi connectivity index (χ2v) is 5.87. The van der Waals surface area contributed by atoms with E-state index in [0.29, 0.717) is 25.9 Å². The quantitative estimate of drug-likeness (QED) is 0.793. The molecular formula is C14H15ClF2N4O2. The second kappa shape index (κ2) is 6.29. The van der Waals surface area contributed by atoms with Crippen LogP contribution < -0.4 is 16.4 Å². The zero-order chi connectivity index (χ0) is 16.4. The van der Waals surface area contributed by atoms with Gasteiger partial charge in [0.15, 0.2) is 0 Å². The maximum Gasteiger partial charge on any atom is 0.434 e. The molecule has 0 aliphatic carbocycles. The lowest BCUT2D eigenvalue weighted by molar-refractivity contribution is 0.131. The third-order valence-electron chi connectivity index (χ3n) is 3.81. The molecule has 1 aliphatic rings. The number of anilines is 1. The average Bonchev–Trinajstić information content (AvgIpc) is 2.96. The van der Waals surface area contributed by atoms with Crippen LogP contribution in [0, 0.1) is 5.82 Å². The van der Waals surface area contributed by atoms with Crippen LogP contribution in [0.5, 0.6) is 0 Å². The van der Waals surface area contributed by atoms with Crippen LogP contribution in [-0.2, 0) is 0 Å². The zero-order valence-electron chi connectivity index (χ0n) is 12.1. The monoisotopic (exact) mass is 344 g/mol. The molecule has 9 heteroatoms. The van der Waals surface area contributed by atoms with Gasteiger partial charge in [0.25, 0.3) is 0 Å². The summed E-state index contributed by atoms with van der Waals surface area (Å²) in [6.45, 7) is 1.21. The molecule has 3 N–H and O–H groups in total. The minimum Gasteiger partial charge on any atom is -0.388 e. The fourth-order valence-electron chi connectivity index (χ4n) is 2.50. The Hall–Kier alpha value is -1.93. The topological polar surface area (TPSA) is 83.0 Å². The Bertz CT molecular complexity index is 755. The van der Waals surface area contributed by atoms with Crippen molar-refractivity contribution in [3.05, 3.63) is 33.5 Å². The Morgan fingerprint density at radius 3 is 2.78 bits per heavy atom. The van der Waals surface area contributed by atoms with Gasteiger partial charge in [-0.1, -0.05) is 11.6 Å². The first-order chi connectivity index (χ1) is 11.0. The highest BCUT2D eigenvalue weighted by molar-refractivity contribution is 6.33. The normalized spacial score (nSPS) is 17.2. The summed E-state index contributed by atoms with van der Waals surface area (Å²) in [6, 6.07) is 2.57. The highest BCUT2D eigenvalue weighted by Crippen LogP contribution is 2.32. The summed E-state index contributed by atoms with van der Waals surface area (Å²) in [4.78, 5) is 11.0. The van der Waals surface area contributed by atoms with Gasteiger partial charge in [0.2, 0.25) is 5.89 Å². The van der Waals surface area contributed by atoms with Gasteiger partial charge >= 0.3 is 5.76 Å². The van der Waals surface area contributed by atoms with Crippen molar-refractivity contribution in [2.75, 3.05) is 25.0 Å². The summed E-state index contributed by atoms with van der Waals surface area (Å²) in [6.07, 6.45) is 0.738. The molecule has 0 amide bonds. The number of piperidine rings is 1. The van der Waals surface area contributed by atoms with Gasteiger partial charge in [-0.25, -0.2) is 18.7 Å². The first-order valence-corrected chi connectivity index (χ1v) is 7.53. The molecule has 1 aromatic heterocycles. The Balaban J connectivity index is 1.83. The molecule has 0 unspecified atom stereocenters. The molecule has 0 spiro atoms. The molecule has 1 fully saturated rings. The summed E-state index contributed by atoms with van der Waals surface area (Å²) < 4.78 is 33.4. The van der Waals surface area contributed by atoms with Crippen molar-refractivity contribution in [3.63, 3.8) is 0 Å². The molecule has 0 radical (unpaired) electrons. The number of aromatic amines is 1. The third-order valence-corrected chi connectivity index (χ3v) is 4.19. The highest BCUT2D eigenvalue weighted by Gasteiger charge is 2.31. The average molecular weight is 345 g/mol. The number of alkyl halides is 1. The maximum atomic E-state index is 14.6. The lowest BCUT2D eigenvalue weighted by Crippen LogP contribution is -2.43. The molecule has 0 saturated carbocycles. The number of halogens is 3. The van der Waals surface area contributed by atoms with E-state index in [-0.39, 0.29) is 28.7 Å². The molecule has 124 valence electrons. The van der Waals surface area contributed by atoms with Crippen LogP contribution in [0.25, 0.3) is 11.5 Å². The van der Waals surface area contributed by atoms with E-state index in [2.05, 4.69) is 20.8 Å². The van der Waals surface area contributed by atoms with Gasteiger partial charge in [-0.05, 0) is 38.1 Å². The molecule has 2 heterocycles. The van der Waals surface area contributed by atoms with Crippen molar-refractivity contribution in [1.29, 1.82) is 0 Å². The van der Waals surface area contributed by atoms with Gasteiger partial charge in [-0.2, -0.15) is 0 Å². The second-order valence-electron chi connectivity index (χ2n) is 5.49. The molecule has 1 aliphatic heterocycles. The van der Waals surface area contributed by atoms with E-state index >= 15 is 0 Å². The standard InChI is InChI=1S/C14H15ClF2N4O2/c15-11-9(16)5-8(12-20-21-13(22)23-12)6-10(11)19-7-14(17)1-3-18-4-2-14/h5-6,18-19H,1-4,7H2,(H,21,22). The first-order valence-electron chi connectivity index (χ1n) is 7.15. The molecule has 23 heavy (non-hydrogen) atoms. The van der Waals surface area contributed by atoms with Gasteiger partial charge in [0.05, 0.1) is 10.7 Å². The summed E-state index contributed by atoms with van der Waals surface area (Å²) in [5.41, 5.74) is -0.922. The number of H-pyrrole nitrogens is 1. The maximum absolute atomic E-state index is 14.6. The van der Waals surface area contributed by atoms with Crippen molar-refractivity contribution in [2.45, 2.75) is 18.5 Å². The molecule has 0 atom stereocenters. The Kier molecular flexibility index (Phi) is 4.36. The van der Waals surface area contributed by atoms with Gasteiger partial charge in [-0.15, -0.1) is 5.10 Å². The van der Waals surface area contributed by atoms with Crippen molar-refractivity contribution in [3.8, 4) is 11.5 Å². The summed E-state index contributed by atoms with van der Waals surface area (Å²) in [7, 11) is 0. The lowest BCUT2D eigenvalue weighted by Gasteiger charge is -2.30. The van der Waals surface area contributed by atoms with Crippen molar-refractivity contribution >= 4 is 17.3 Å². The largest absolute Gasteiger partial charge is 0.434 e. The molecule has 2 aromatic rings. The van der Waals surface area contributed by atoms with Crippen LogP contribution in [0.1, 0.15) is 12.8 Å². The SMILES string of the molecule is O=c1[nH]nc(-c2cc(F)c(Cl)c(NCC3(F)CCNCC3)c2)o1. The summed E-state index contributed by atoms with van der Waals surface area (Å²) in [5.74, 6) is -1.52. The highest BCUT2D eigenvalue weighted by atomic mass is 35.5. The molecule has 1 saturated heterocycles. The van der Waals surface area contributed by atoms with Gasteiger partial charge in [0.1, 0.15) is 11.5 Å². The first kappa shape index (κ1) is 15.9. The Labute approximate surface area is 135 Å². The van der Waals surface area contributed by atoms with Gasteiger partial charge < -0.3 is 15.1 Å². The Morgan fingerprint density at radius 1 is 1.39 bits per heavy atom. The summed E-state index contributed by atoms with van der Waals surface area (Å²) in [5, 5.41) is 11.5. The van der Waals surface area contributed by atoms with E-state index in [9.17, 15) is 13.6 Å². The van der Waals surface area contributed by atoms with E-state index in [1.807, 2.05) is 0 Å². The van der Waals surface area contributed by atoms with Crippen LogP contribution in [0.3, 0.4) is 0 Å². The van der Waals surface area contributed by atoms with Crippen LogP contribution in [0.4, 0.5) is 14.5 Å². The predicted octanol–water partition coefficient (Wildman–Crippen LogP) is 2.33. The van der Waals surface area contributed by atoms with E-state index in [1.54, 1.807) is 0 Å². The molecular weight excluding hydrogens is 330 g/mol. The van der Waals surface area contributed by atoms with E-state index in [4.69, 9.17) is 16.0 Å². The fraction of sp³-hybridized carbons (Fsp3) is 0.429. The number of aromatic nitrogens is 2. The van der Waals surface area contributed by atoms with Crippen molar-refractivity contribution in [2.24, 2.45) is 0 Å². The molecule has 1 aromatic carbocycles. The number of hydrogen-bond donors (Lipinski definition) is 3. The van der Waals surface area contributed by atoms with Crippen molar-refractivity contribution < 1.29 is 13.2 Å². The van der Waals surface area contributed by atoms with Crippen LogP contribution >= 0.6 is 11.6 Å². The molecule has 6 nitrogen and oxygen atoms in total. The smallest absolute Gasteiger partial charge is 0.388 e. The van der Waals surface area contributed by atoms with E-state index in [0.717, 1.165) is 6.07 Å². The molecule has 3 rings (SSSR count). The lowest BCUT2D eigenvalue weighted by atomic mass is 9.94. The van der Waals surface area contributed by atoms with Gasteiger partial charge in [-0.3, -0.25) is 0 Å². The van der Waals surface area contributed by atoms with Crippen molar-refractivity contribution in [1.82, 2.24) is 15.5 Å². The predicted molar refractivity (Wildman–Crippen MR) is 82.0 cm³/mol. The number of nitrogens with one attached hydrogen (secondary N) is 3. The number of rotatable bonds is 4. The van der Waals surface area contributed by atoms with Crippen LogP contribution in [-0.4, -0.2) is 35.5 Å². The van der Waals surface area contributed by atoms with Crippen LogP contribution in [0.2, 0.25) is 5.02 Å². The van der Waals surface area contributed by atoms with Gasteiger partial charge in [0, 0.05) is 12.1 Å². The minimum atomic E-state index is -1.38. The summed E-state index contributed by atoms with van der Waals surface area (Å²) >= 11 is 5.93.